The van der Waals surface area contributed by atoms with Crippen LogP contribution >= 0.6 is 0 Å². The van der Waals surface area contributed by atoms with E-state index < -0.39 is 5.41 Å². The molecule has 5 heteroatoms. The molecule has 0 fully saturated rings. The minimum absolute atomic E-state index is 0.245. The number of hydrogen-bond acceptors (Lipinski definition) is 4. The minimum atomic E-state index is -0.546. The fourth-order valence-electron chi connectivity index (χ4n) is 1.78. The number of nitrogens with one attached hydrogen (secondary N) is 1. The highest BCUT2D eigenvalue weighted by molar-refractivity contribution is 6.01. The average Bonchev–Trinajstić information content (AvgIpc) is 2.54. The van der Waals surface area contributed by atoms with E-state index in [-0.39, 0.29) is 5.91 Å². The van der Waals surface area contributed by atoms with Gasteiger partial charge in [-0.1, -0.05) is 12.1 Å². The van der Waals surface area contributed by atoms with Gasteiger partial charge in [-0.05, 0) is 43.7 Å². The van der Waals surface area contributed by atoms with Crippen LogP contribution in [0.5, 0.6) is 0 Å². The van der Waals surface area contributed by atoms with Crippen LogP contribution in [0.2, 0.25) is 0 Å². The summed E-state index contributed by atoms with van der Waals surface area (Å²) >= 11 is 0. The zero-order valence-electron chi connectivity index (χ0n) is 12.4. The first-order valence-electron chi connectivity index (χ1n) is 6.78. The second-order valence-corrected chi connectivity index (χ2v) is 5.27. The van der Waals surface area contributed by atoms with Crippen molar-refractivity contribution in [2.45, 2.75) is 19.3 Å². The van der Waals surface area contributed by atoms with Crippen molar-refractivity contribution in [1.29, 1.82) is 5.26 Å². The van der Waals surface area contributed by atoms with E-state index in [0.717, 1.165) is 5.56 Å². The minimum Gasteiger partial charge on any atom is -0.323 e. The Morgan fingerprint density at radius 2 is 2.00 bits per heavy atom. The highest BCUT2D eigenvalue weighted by atomic mass is 16.1. The van der Waals surface area contributed by atoms with Gasteiger partial charge in [-0.25, -0.2) is 9.97 Å². The quantitative estimate of drug-likeness (QED) is 0.879. The van der Waals surface area contributed by atoms with Crippen LogP contribution in [0.25, 0.3) is 6.08 Å². The summed E-state index contributed by atoms with van der Waals surface area (Å²) in [4.78, 5) is 19.6. The number of carbonyl (C=O) groups is 1. The van der Waals surface area contributed by atoms with E-state index in [1.807, 2.05) is 26.0 Å². The lowest BCUT2D eigenvalue weighted by atomic mass is 9.86. The number of anilines is 1. The van der Waals surface area contributed by atoms with E-state index in [9.17, 15) is 4.79 Å². The number of nitrogens with zero attached hydrogens (tertiary/aromatic N) is 3. The van der Waals surface area contributed by atoms with Crippen LogP contribution in [0.3, 0.4) is 0 Å². The second kappa shape index (κ2) is 6.64. The highest BCUT2D eigenvalue weighted by Gasteiger charge is 2.19. The summed E-state index contributed by atoms with van der Waals surface area (Å²) in [6, 6.07) is 11.2. The summed E-state index contributed by atoms with van der Waals surface area (Å²) in [6.07, 6.45) is 6.06. The van der Waals surface area contributed by atoms with Crippen LogP contribution in [0, 0.1) is 11.3 Å². The predicted molar refractivity (Wildman–Crippen MR) is 84.8 cm³/mol. The van der Waals surface area contributed by atoms with Gasteiger partial charge in [0.15, 0.2) is 0 Å². The number of hydrogen-bond donors (Lipinski definition) is 1. The summed E-state index contributed by atoms with van der Waals surface area (Å²) in [6.45, 7) is 3.70. The van der Waals surface area contributed by atoms with Crippen molar-refractivity contribution >= 4 is 17.7 Å². The Bertz CT molecular complexity index is 713. The van der Waals surface area contributed by atoms with Gasteiger partial charge in [-0.15, -0.1) is 0 Å². The standard InChI is InChI=1S/C17H16N4O/c1-17(2,11-18)13-3-5-15(6-4-13)21-16(22)8-7-14-9-10-19-12-20-14/h3-10,12H,1-2H3,(H,21,22)/b8-7+. The molecule has 1 amide bonds. The molecule has 1 N–H and O–H groups in total. The van der Waals surface area contributed by atoms with Gasteiger partial charge in [0.2, 0.25) is 5.91 Å². The molecule has 2 rings (SSSR count). The Balaban J connectivity index is 2.01. The Morgan fingerprint density at radius 3 is 2.59 bits per heavy atom. The third-order valence-corrected chi connectivity index (χ3v) is 3.16. The molecule has 0 bridgehead atoms. The first-order valence-corrected chi connectivity index (χ1v) is 6.78. The number of benzene rings is 1. The molecule has 0 radical (unpaired) electrons. The lowest BCUT2D eigenvalue weighted by molar-refractivity contribution is -0.111. The molecule has 1 heterocycles. The van der Waals surface area contributed by atoms with Gasteiger partial charge in [0, 0.05) is 18.0 Å². The Morgan fingerprint density at radius 1 is 1.27 bits per heavy atom. The van der Waals surface area contributed by atoms with Crippen molar-refractivity contribution in [3.8, 4) is 6.07 Å². The number of rotatable bonds is 4. The van der Waals surface area contributed by atoms with E-state index in [2.05, 4.69) is 21.4 Å². The molecule has 1 aromatic carbocycles. The lowest BCUT2D eigenvalue weighted by Crippen LogP contribution is -2.14. The lowest BCUT2D eigenvalue weighted by Gasteiger charge is -2.15. The molecule has 1 aromatic heterocycles. The van der Waals surface area contributed by atoms with Crippen LogP contribution in [-0.2, 0) is 10.2 Å². The largest absolute Gasteiger partial charge is 0.323 e. The van der Waals surface area contributed by atoms with E-state index in [0.29, 0.717) is 11.4 Å². The monoisotopic (exact) mass is 292 g/mol. The smallest absolute Gasteiger partial charge is 0.248 e. The van der Waals surface area contributed by atoms with Crippen LogP contribution < -0.4 is 5.32 Å². The molecule has 0 atom stereocenters. The molecule has 0 aliphatic carbocycles. The molecule has 22 heavy (non-hydrogen) atoms. The molecule has 0 aliphatic heterocycles. The van der Waals surface area contributed by atoms with Crippen molar-refractivity contribution in [2.24, 2.45) is 0 Å². The Kier molecular flexibility index (Phi) is 4.64. The van der Waals surface area contributed by atoms with E-state index >= 15 is 0 Å². The van der Waals surface area contributed by atoms with Gasteiger partial charge < -0.3 is 5.32 Å². The van der Waals surface area contributed by atoms with Gasteiger partial charge >= 0.3 is 0 Å². The summed E-state index contributed by atoms with van der Waals surface area (Å²) in [5, 5.41) is 11.9. The summed E-state index contributed by atoms with van der Waals surface area (Å²) in [5.41, 5.74) is 1.70. The molecule has 2 aromatic rings. The van der Waals surface area contributed by atoms with Gasteiger partial charge in [0.05, 0.1) is 17.2 Å². The Labute approximate surface area is 129 Å². The maximum absolute atomic E-state index is 11.8. The third kappa shape index (κ3) is 4.00. The highest BCUT2D eigenvalue weighted by Crippen LogP contribution is 2.23. The summed E-state index contributed by atoms with van der Waals surface area (Å²) in [7, 11) is 0. The van der Waals surface area contributed by atoms with Gasteiger partial charge in [-0.2, -0.15) is 5.26 Å². The zero-order valence-corrected chi connectivity index (χ0v) is 12.4. The van der Waals surface area contributed by atoms with Gasteiger partial charge in [-0.3, -0.25) is 4.79 Å². The van der Waals surface area contributed by atoms with Crippen molar-refractivity contribution in [1.82, 2.24) is 9.97 Å². The van der Waals surface area contributed by atoms with E-state index in [1.54, 1.807) is 30.5 Å². The molecule has 0 unspecified atom stereocenters. The van der Waals surface area contributed by atoms with E-state index in [1.165, 1.54) is 12.4 Å². The molecule has 0 spiro atoms. The first-order chi connectivity index (χ1) is 10.5. The van der Waals surface area contributed by atoms with Crippen molar-refractivity contribution in [3.63, 3.8) is 0 Å². The SMILES string of the molecule is CC(C)(C#N)c1ccc(NC(=O)/C=C/c2ccncn2)cc1. The molecular weight excluding hydrogens is 276 g/mol. The number of amides is 1. The molecule has 110 valence electrons. The topological polar surface area (TPSA) is 78.7 Å². The van der Waals surface area contributed by atoms with Crippen molar-refractivity contribution in [2.75, 3.05) is 5.32 Å². The average molecular weight is 292 g/mol. The number of carbonyl (C=O) groups excluding carboxylic acids is 1. The molecule has 0 saturated heterocycles. The van der Waals surface area contributed by atoms with Crippen molar-refractivity contribution in [3.05, 3.63) is 60.2 Å². The number of aromatic nitrogens is 2. The third-order valence-electron chi connectivity index (χ3n) is 3.16. The van der Waals surface area contributed by atoms with Crippen LogP contribution in [0.1, 0.15) is 25.1 Å². The maximum Gasteiger partial charge on any atom is 0.248 e. The van der Waals surface area contributed by atoms with Gasteiger partial charge in [0.1, 0.15) is 6.33 Å². The summed E-state index contributed by atoms with van der Waals surface area (Å²) < 4.78 is 0. The molecule has 0 saturated carbocycles. The molecule has 5 nitrogen and oxygen atoms in total. The zero-order chi connectivity index (χ0) is 16.0. The fourth-order valence-corrected chi connectivity index (χ4v) is 1.78. The fraction of sp³-hybridized carbons (Fsp3) is 0.176. The van der Waals surface area contributed by atoms with Crippen LogP contribution in [-0.4, -0.2) is 15.9 Å². The molecule has 0 aliphatic rings. The number of nitriles is 1. The maximum atomic E-state index is 11.8. The summed E-state index contributed by atoms with van der Waals surface area (Å²) in [5.74, 6) is -0.245. The first kappa shape index (κ1) is 15.4. The van der Waals surface area contributed by atoms with Crippen molar-refractivity contribution < 1.29 is 4.79 Å². The predicted octanol–water partition coefficient (Wildman–Crippen LogP) is 2.93. The molecular formula is C17H16N4O. The van der Waals surface area contributed by atoms with E-state index in [4.69, 9.17) is 5.26 Å². The Hall–Kier alpha value is -3.00. The van der Waals surface area contributed by atoms with Crippen LogP contribution in [0.15, 0.2) is 48.9 Å². The second-order valence-electron chi connectivity index (χ2n) is 5.27. The van der Waals surface area contributed by atoms with Gasteiger partial charge in [0.25, 0.3) is 0 Å². The van der Waals surface area contributed by atoms with Crippen LogP contribution in [0.4, 0.5) is 5.69 Å². The normalized spacial score (nSPS) is 11.1.